The summed E-state index contributed by atoms with van der Waals surface area (Å²) in [6, 6.07) is 16.2. The lowest BCUT2D eigenvalue weighted by atomic mass is 9.84. The maximum absolute atomic E-state index is 10.0. The van der Waals surface area contributed by atoms with E-state index < -0.39 is 0 Å². The van der Waals surface area contributed by atoms with Crippen molar-refractivity contribution in [3.05, 3.63) is 107 Å². The van der Waals surface area contributed by atoms with Crippen molar-refractivity contribution < 1.29 is 5.11 Å². The van der Waals surface area contributed by atoms with E-state index in [-0.39, 0.29) is 11.7 Å². The van der Waals surface area contributed by atoms with Gasteiger partial charge in [-0.15, -0.1) is 0 Å². The predicted octanol–water partition coefficient (Wildman–Crippen LogP) is 7.24. The maximum Gasteiger partial charge on any atom is 0.112 e. The molecule has 0 heterocycles. The molecule has 148 valence electrons. The molecule has 0 radical (unpaired) electrons. The van der Waals surface area contributed by atoms with Crippen LogP contribution in [0.2, 0.25) is 0 Å². The second kappa shape index (κ2) is 9.26. The van der Waals surface area contributed by atoms with Crippen molar-refractivity contribution in [3.63, 3.8) is 0 Å². The van der Waals surface area contributed by atoms with Crippen LogP contribution in [-0.2, 0) is 6.42 Å². The van der Waals surface area contributed by atoms with Crippen molar-refractivity contribution in [1.29, 1.82) is 5.26 Å². The Balaban J connectivity index is 2.46. The van der Waals surface area contributed by atoms with Gasteiger partial charge in [0.2, 0.25) is 0 Å². The molecule has 0 aliphatic heterocycles. The fraction of sp³-hybridized carbons (Fsp3) is 0.222. The molecule has 2 rings (SSSR count). The molecule has 2 nitrogen and oxygen atoms in total. The standard InChI is InChI=1S/C27H29NO/c1-17(2)26-15-22(19(5)20(6)27(18(3)4)21(7)29)12-13-24(26)14-23-10-8-9-11-25(23)16-28/h8-13,15,20,29H,1,5,7,14H2,2-4,6H3. The third kappa shape index (κ3) is 4.95. The molecular weight excluding hydrogens is 354 g/mol. The van der Waals surface area contributed by atoms with E-state index in [2.05, 4.69) is 44.0 Å². The fourth-order valence-corrected chi connectivity index (χ4v) is 3.71. The minimum atomic E-state index is -0.0550. The lowest BCUT2D eigenvalue weighted by Crippen LogP contribution is -2.07. The van der Waals surface area contributed by atoms with Crippen LogP contribution in [0.3, 0.4) is 0 Å². The van der Waals surface area contributed by atoms with Gasteiger partial charge in [0, 0.05) is 5.92 Å². The Kier molecular flexibility index (Phi) is 7.02. The number of aliphatic hydroxyl groups excluding tert-OH is 1. The Morgan fingerprint density at radius 2 is 1.69 bits per heavy atom. The average molecular weight is 384 g/mol. The highest BCUT2D eigenvalue weighted by molar-refractivity contribution is 5.74. The van der Waals surface area contributed by atoms with Crippen LogP contribution in [0.1, 0.15) is 55.5 Å². The Morgan fingerprint density at radius 3 is 2.24 bits per heavy atom. The van der Waals surface area contributed by atoms with E-state index in [1.165, 1.54) is 0 Å². The molecule has 0 fully saturated rings. The van der Waals surface area contributed by atoms with Crippen molar-refractivity contribution in [1.82, 2.24) is 0 Å². The van der Waals surface area contributed by atoms with E-state index in [0.29, 0.717) is 12.0 Å². The van der Waals surface area contributed by atoms with Crippen LogP contribution in [0.25, 0.3) is 11.1 Å². The maximum atomic E-state index is 10.0. The van der Waals surface area contributed by atoms with Crippen LogP contribution in [0.15, 0.2) is 79.1 Å². The summed E-state index contributed by atoms with van der Waals surface area (Å²) >= 11 is 0. The average Bonchev–Trinajstić information content (AvgIpc) is 2.67. The zero-order valence-electron chi connectivity index (χ0n) is 17.8. The van der Waals surface area contributed by atoms with Crippen LogP contribution in [0, 0.1) is 17.2 Å². The van der Waals surface area contributed by atoms with Gasteiger partial charge >= 0.3 is 0 Å². The number of allylic oxidation sites excluding steroid dienone is 4. The summed E-state index contributed by atoms with van der Waals surface area (Å²) in [6.07, 6.45) is 0.668. The predicted molar refractivity (Wildman–Crippen MR) is 123 cm³/mol. The molecule has 2 aromatic carbocycles. The second-order valence-corrected chi connectivity index (χ2v) is 7.71. The lowest BCUT2D eigenvalue weighted by Gasteiger charge is -2.21. The first-order valence-corrected chi connectivity index (χ1v) is 9.69. The van der Waals surface area contributed by atoms with Crippen molar-refractivity contribution in [2.75, 3.05) is 0 Å². The van der Waals surface area contributed by atoms with Gasteiger partial charge in [-0.25, -0.2) is 0 Å². The highest BCUT2D eigenvalue weighted by Gasteiger charge is 2.19. The molecule has 0 aliphatic rings. The molecule has 0 amide bonds. The first-order chi connectivity index (χ1) is 13.7. The van der Waals surface area contributed by atoms with Crippen LogP contribution in [-0.4, -0.2) is 5.11 Å². The van der Waals surface area contributed by atoms with Gasteiger partial charge in [-0.3, -0.25) is 0 Å². The van der Waals surface area contributed by atoms with Crippen molar-refractivity contribution in [2.24, 2.45) is 5.92 Å². The monoisotopic (exact) mass is 383 g/mol. The van der Waals surface area contributed by atoms with Crippen LogP contribution >= 0.6 is 0 Å². The SMILES string of the molecule is C=C(O)C(=C(C)C)C(C)C(=C)c1ccc(Cc2ccccc2C#N)c(C(=C)C)c1. The minimum Gasteiger partial charge on any atom is -0.508 e. The Morgan fingerprint density at radius 1 is 1.03 bits per heavy atom. The summed E-state index contributed by atoms with van der Waals surface area (Å²) in [6.45, 7) is 20.1. The van der Waals surface area contributed by atoms with Crippen molar-refractivity contribution in [3.8, 4) is 6.07 Å². The first kappa shape index (κ1) is 22.0. The lowest BCUT2D eigenvalue weighted by molar-refractivity contribution is 0.416. The molecule has 0 aromatic heterocycles. The Labute approximate surface area is 174 Å². The van der Waals surface area contributed by atoms with E-state index in [0.717, 1.165) is 44.5 Å². The smallest absolute Gasteiger partial charge is 0.112 e. The van der Waals surface area contributed by atoms with E-state index >= 15 is 0 Å². The Hall–Kier alpha value is -3.31. The molecule has 2 heteroatoms. The number of aliphatic hydroxyl groups is 1. The molecule has 0 saturated carbocycles. The zero-order chi connectivity index (χ0) is 21.7. The number of rotatable bonds is 7. The summed E-state index contributed by atoms with van der Waals surface area (Å²) in [5.74, 6) is 0.0316. The fourth-order valence-electron chi connectivity index (χ4n) is 3.71. The highest BCUT2D eigenvalue weighted by Crippen LogP contribution is 2.34. The molecule has 1 N–H and O–H groups in total. The summed E-state index contributed by atoms with van der Waals surface area (Å²) < 4.78 is 0. The molecule has 2 aromatic rings. The van der Waals surface area contributed by atoms with Gasteiger partial charge in [0.1, 0.15) is 5.76 Å². The molecule has 1 unspecified atom stereocenters. The Bertz CT molecular complexity index is 1040. The third-order valence-corrected chi connectivity index (χ3v) is 5.26. The van der Waals surface area contributed by atoms with Crippen molar-refractivity contribution in [2.45, 2.75) is 34.1 Å². The zero-order valence-corrected chi connectivity index (χ0v) is 17.8. The van der Waals surface area contributed by atoms with Gasteiger partial charge in [0.25, 0.3) is 0 Å². The molecule has 1 atom stereocenters. The number of nitriles is 1. The van der Waals surface area contributed by atoms with Crippen LogP contribution in [0.5, 0.6) is 0 Å². The van der Waals surface area contributed by atoms with Gasteiger partial charge in [0.15, 0.2) is 0 Å². The topological polar surface area (TPSA) is 44.0 Å². The number of nitrogens with zero attached hydrogens (tertiary/aromatic N) is 1. The van der Waals surface area contributed by atoms with E-state index in [4.69, 9.17) is 0 Å². The van der Waals surface area contributed by atoms with Crippen LogP contribution < -0.4 is 0 Å². The van der Waals surface area contributed by atoms with E-state index in [1.807, 2.05) is 52.0 Å². The summed E-state index contributed by atoms with van der Waals surface area (Å²) in [5.41, 5.74) is 8.61. The van der Waals surface area contributed by atoms with E-state index in [1.54, 1.807) is 0 Å². The van der Waals surface area contributed by atoms with Crippen molar-refractivity contribution >= 4 is 11.1 Å². The number of hydrogen-bond donors (Lipinski definition) is 1. The van der Waals surface area contributed by atoms with Gasteiger partial charge in [-0.1, -0.05) is 68.1 Å². The third-order valence-electron chi connectivity index (χ3n) is 5.26. The summed E-state index contributed by atoms with van der Waals surface area (Å²) in [5, 5.41) is 19.4. The van der Waals surface area contributed by atoms with Crippen LogP contribution in [0.4, 0.5) is 0 Å². The second-order valence-electron chi connectivity index (χ2n) is 7.71. The summed E-state index contributed by atoms with van der Waals surface area (Å²) in [4.78, 5) is 0. The molecule has 0 spiro atoms. The molecular formula is C27H29NO. The molecule has 0 saturated heterocycles. The molecule has 0 bridgehead atoms. The molecule has 29 heavy (non-hydrogen) atoms. The minimum absolute atomic E-state index is 0.0550. The number of benzene rings is 2. The largest absolute Gasteiger partial charge is 0.508 e. The van der Waals surface area contributed by atoms with Gasteiger partial charge in [-0.2, -0.15) is 5.26 Å². The van der Waals surface area contributed by atoms with Gasteiger partial charge in [-0.05, 0) is 72.7 Å². The first-order valence-electron chi connectivity index (χ1n) is 9.69. The highest BCUT2D eigenvalue weighted by atomic mass is 16.3. The normalized spacial score (nSPS) is 11.3. The molecule has 0 aliphatic carbocycles. The summed E-state index contributed by atoms with van der Waals surface area (Å²) in [7, 11) is 0. The van der Waals surface area contributed by atoms with Gasteiger partial charge in [0.05, 0.1) is 11.6 Å². The van der Waals surface area contributed by atoms with Gasteiger partial charge < -0.3 is 5.11 Å². The quantitative estimate of drug-likeness (QED) is 0.404. The van der Waals surface area contributed by atoms with E-state index in [9.17, 15) is 10.4 Å². The number of hydrogen-bond acceptors (Lipinski definition) is 2.